The average Bonchev–Trinajstić information content (AvgIpc) is 2.30. The quantitative estimate of drug-likeness (QED) is 0.328. The Bertz CT molecular complexity index is 585. The van der Waals surface area contributed by atoms with Gasteiger partial charge in [0.15, 0.2) is 5.17 Å². The lowest BCUT2D eigenvalue weighted by atomic mass is 10.2. The molecule has 0 spiro atoms. The lowest BCUT2D eigenvalue weighted by Gasteiger charge is -2.18. The molecule has 1 aromatic carbocycles. The Morgan fingerprint density at radius 2 is 1.32 bits per heavy atom. The molecule has 22 heavy (non-hydrogen) atoms. The summed E-state index contributed by atoms with van der Waals surface area (Å²) in [4.78, 5) is 2.87. The van der Waals surface area contributed by atoms with Crippen LogP contribution < -0.4 is 0 Å². The third-order valence-corrected chi connectivity index (χ3v) is 3.70. The Hall–Kier alpha value is -0.420. The summed E-state index contributed by atoms with van der Waals surface area (Å²) in [5.74, 6) is -5.43. The van der Waals surface area contributed by atoms with Gasteiger partial charge in [-0.25, -0.2) is 4.99 Å². The van der Waals surface area contributed by atoms with Crippen LogP contribution in [0.15, 0.2) is 26.1 Å². The first-order valence-electron chi connectivity index (χ1n) is 4.93. The third-order valence-electron chi connectivity index (χ3n) is 2.17. The number of hydrogen-bond acceptors (Lipinski definition) is 1. The zero-order valence-corrected chi connectivity index (χ0v) is 13.7. The van der Waals surface area contributed by atoms with Crippen molar-refractivity contribution >= 4 is 54.3 Å². The predicted octanol–water partition coefficient (Wildman–Crippen LogP) is 6.70. The predicted molar refractivity (Wildman–Crippen MR) is 70.8 cm³/mol. The highest BCUT2D eigenvalue weighted by molar-refractivity contribution is 9.11. The molecule has 0 saturated heterocycles. The molecular weight excluding hydrogens is 481 g/mol. The van der Waals surface area contributed by atoms with Crippen LogP contribution in [0.3, 0.4) is 0 Å². The first kappa shape index (κ1) is 19.6. The summed E-state index contributed by atoms with van der Waals surface area (Å²) in [6, 6.07) is 0.943. The second-order valence-corrected chi connectivity index (χ2v) is 5.83. The average molecular weight is 483 g/mol. The minimum atomic E-state index is -5.99. The van der Waals surface area contributed by atoms with Gasteiger partial charge in [0.25, 0.3) is 0 Å². The normalized spacial score (nSPS) is 14.4. The van der Waals surface area contributed by atoms with Crippen molar-refractivity contribution in [1.29, 1.82) is 0 Å². The van der Waals surface area contributed by atoms with Crippen LogP contribution in [0, 0.1) is 0 Å². The molecule has 0 aliphatic rings. The van der Waals surface area contributed by atoms with E-state index in [0.717, 1.165) is 0 Å². The van der Waals surface area contributed by atoms with Crippen LogP contribution in [0.2, 0.25) is 0 Å². The molecule has 0 bridgehead atoms. The molecule has 124 valence electrons. The highest BCUT2D eigenvalue weighted by atomic mass is 79.9. The van der Waals surface area contributed by atoms with E-state index in [2.05, 4.69) is 36.9 Å². The van der Waals surface area contributed by atoms with Gasteiger partial charge in [0.2, 0.25) is 0 Å². The molecule has 1 rings (SSSR count). The van der Waals surface area contributed by atoms with Crippen molar-refractivity contribution in [3.05, 3.63) is 26.6 Å². The molecule has 0 amide bonds. The van der Waals surface area contributed by atoms with Crippen molar-refractivity contribution in [3.8, 4) is 0 Å². The maximum absolute atomic E-state index is 12.9. The Morgan fingerprint density at radius 3 is 1.64 bits per heavy atom. The van der Waals surface area contributed by atoms with Gasteiger partial charge >= 0.3 is 18.3 Å². The van der Waals surface area contributed by atoms with Gasteiger partial charge in [-0.3, -0.25) is 0 Å². The van der Waals surface area contributed by atoms with Crippen LogP contribution in [0.1, 0.15) is 5.56 Å². The van der Waals surface area contributed by atoms with E-state index in [1.54, 1.807) is 0 Å². The van der Waals surface area contributed by atoms with E-state index in [0.29, 0.717) is 12.1 Å². The lowest BCUT2D eigenvalue weighted by Crippen LogP contribution is -2.41. The fourth-order valence-electron chi connectivity index (χ4n) is 1.12. The van der Waals surface area contributed by atoms with E-state index < -0.39 is 43.6 Å². The van der Waals surface area contributed by atoms with Crippen molar-refractivity contribution in [3.63, 3.8) is 0 Å². The van der Waals surface area contributed by atoms with Crippen molar-refractivity contribution in [1.82, 2.24) is 0 Å². The topological polar surface area (TPSA) is 12.4 Å². The molecule has 0 aliphatic heterocycles. The summed E-state index contributed by atoms with van der Waals surface area (Å²) in [6.07, 6.45) is -10.7. The molecule has 0 radical (unpaired) electrons. The zero-order chi connectivity index (χ0) is 17.5. The molecule has 0 saturated carbocycles. The summed E-state index contributed by atoms with van der Waals surface area (Å²) in [5, 5.41) is -2.12. The van der Waals surface area contributed by atoms with Crippen LogP contribution in [0.25, 0.3) is 0 Å². The Kier molecular flexibility index (Phi) is 5.56. The number of alkyl halides is 8. The van der Waals surface area contributed by atoms with Gasteiger partial charge in [-0.1, -0.05) is 11.6 Å². The van der Waals surface area contributed by atoms with Crippen molar-refractivity contribution in [2.75, 3.05) is 0 Å². The van der Waals surface area contributed by atoms with Gasteiger partial charge in [-0.2, -0.15) is 35.1 Å². The van der Waals surface area contributed by atoms with E-state index in [1.807, 2.05) is 0 Å². The van der Waals surface area contributed by atoms with Crippen LogP contribution in [-0.2, 0) is 6.18 Å². The standard InChI is InChI=1S/C10H2Br2ClF8N/c11-4-1-3(9(16,17)18)2-5(12)6(4)22-7(13)8(14,15)10(19,20)21/h1-2H. The maximum Gasteiger partial charge on any atom is 0.460 e. The molecule has 1 aromatic rings. The van der Waals surface area contributed by atoms with Crippen LogP contribution >= 0.6 is 43.5 Å². The summed E-state index contributed by atoms with van der Waals surface area (Å²) in [7, 11) is 0. The summed E-state index contributed by atoms with van der Waals surface area (Å²) >= 11 is 10.1. The summed E-state index contributed by atoms with van der Waals surface area (Å²) in [6.45, 7) is 0. The van der Waals surface area contributed by atoms with E-state index in [1.165, 1.54) is 0 Å². The fraction of sp³-hybridized carbons (Fsp3) is 0.300. The molecule has 0 unspecified atom stereocenters. The van der Waals surface area contributed by atoms with Crippen molar-refractivity contribution in [2.45, 2.75) is 18.3 Å². The van der Waals surface area contributed by atoms with Gasteiger partial charge in [-0.15, -0.1) is 0 Å². The molecular formula is C10H2Br2ClF8N. The van der Waals surface area contributed by atoms with Gasteiger partial charge in [-0.05, 0) is 44.0 Å². The van der Waals surface area contributed by atoms with E-state index in [9.17, 15) is 35.1 Å². The van der Waals surface area contributed by atoms with Crippen LogP contribution in [-0.4, -0.2) is 17.3 Å². The Labute approximate surface area is 139 Å². The molecule has 0 heterocycles. The molecule has 12 heteroatoms. The highest BCUT2D eigenvalue weighted by Gasteiger charge is 2.61. The minimum absolute atomic E-state index is 0.467. The molecule has 0 aromatic heterocycles. The third kappa shape index (κ3) is 4.10. The number of rotatable bonds is 2. The van der Waals surface area contributed by atoms with Crippen molar-refractivity contribution < 1.29 is 35.1 Å². The van der Waals surface area contributed by atoms with E-state index >= 15 is 0 Å². The molecule has 0 aliphatic carbocycles. The van der Waals surface area contributed by atoms with E-state index in [4.69, 9.17) is 11.6 Å². The smallest absolute Gasteiger partial charge is 0.232 e. The number of halogens is 11. The van der Waals surface area contributed by atoms with Gasteiger partial charge < -0.3 is 0 Å². The lowest BCUT2D eigenvalue weighted by molar-refractivity contribution is -0.248. The number of aliphatic imine (C=N–C) groups is 1. The van der Waals surface area contributed by atoms with Crippen molar-refractivity contribution in [2.24, 2.45) is 4.99 Å². The molecule has 1 nitrogen and oxygen atoms in total. The molecule has 0 fully saturated rings. The van der Waals surface area contributed by atoms with Gasteiger partial charge in [0.1, 0.15) is 0 Å². The minimum Gasteiger partial charge on any atom is -0.232 e. The van der Waals surface area contributed by atoms with Crippen LogP contribution in [0.4, 0.5) is 40.8 Å². The summed E-state index contributed by atoms with van der Waals surface area (Å²) < 4.78 is 98.9. The molecule has 0 N–H and O–H groups in total. The molecule has 0 atom stereocenters. The zero-order valence-electron chi connectivity index (χ0n) is 9.76. The second kappa shape index (κ2) is 6.23. The van der Waals surface area contributed by atoms with Gasteiger partial charge in [0, 0.05) is 8.95 Å². The highest BCUT2D eigenvalue weighted by Crippen LogP contribution is 2.43. The Balaban J connectivity index is 3.39. The number of hydrogen-bond donors (Lipinski definition) is 0. The number of benzene rings is 1. The van der Waals surface area contributed by atoms with E-state index in [-0.39, 0.29) is 0 Å². The Morgan fingerprint density at radius 1 is 0.909 bits per heavy atom. The number of nitrogens with zero attached hydrogens (tertiary/aromatic N) is 1. The largest absolute Gasteiger partial charge is 0.460 e. The fourth-order valence-corrected chi connectivity index (χ4v) is 2.68. The maximum atomic E-state index is 12.9. The monoisotopic (exact) mass is 481 g/mol. The van der Waals surface area contributed by atoms with Crippen LogP contribution in [0.5, 0.6) is 0 Å². The van der Waals surface area contributed by atoms with Gasteiger partial charge in [0.05, 0.1) is 11.3 Å². The first-order chi connectivity index (χ1) is 9.68. The SMILES string of the molecule is FC(F)(F)c1cc(Br)c(N=C(Cl)C(F)(F)C(F)(F)F)c(Br)c1. The first-order valence-corrected chi connectivity index (χ1v) is 6.89. The second-order valence-electron chi connectivity index (χ2n) is 3.76. The summed E-state index contributed by atoms with van der Waals surface area (Å²) in [5.41, 5.74) is -1.80.